The van der Waals surface area contributed by atoms with Crippen LogP contribution in [0.4, 0.5) is 0 Å². The van der Waals surface area contributed by atoms with Crippen LogP contribution in [0.3, 0.4) is 0 Å². The number of thiophene rings is 1. The summed E-state index contributed by atoms with van der Waals surface area (Å²) in [4.78, 5) is 14.3. The average molecular weight is 367 g/mol. The Morgan fingerprint density at radius 3 is 2.42 bits per heavy atom. The Labute approximate surface area is 147 Å². The number of rotatable bonds is 8. The molecule has 0 spiro atoms. The summed E-state index contributed by atoms with van der Waals surface area (Å²) in [7, 11) is -2.16. The third kappa shape index (κ3) is 4.66. The molecule has 2 aromatic rings. The molecule has 1 aromatic carbocycles. The van der Waals surface area contributed by atoms with E-state index >= 15 is 0 Å². The van der Waals surface area contributed by atoms with Crippen molar-refractivity contribution in [1.82, 2.24) is 9.21 Å². The first-order chi connectivity index (χ1) is 11.4. The van der Waals surface area contributed by atoms with Gasteiger partial charge in [-0.25, -0.2) is 8.42 Å². The van der Waals surface area contributed by atoms with E-state index in [0.29, 0.717) is 13.1 Å². The molecular weight excluding hydrogens is 344 g/mol. The smallest absolute Gasteiger partial charge is 0.252 e. The van der Waals surface area contributed by atoms with E-state index in [1.165, 1.54) is 7.05 Å². The van der Waals surface area contributed by atoms with E-state index < -0.39 is 10.0 Å². The maximum absolute atomic E-state index is 12.6. The quantitative estimate of drug-likeness (QED) is 0.722. The van der Waals surface area contributed by atoms with Gasteiger partial charge in [-0.2, -0.15) is 4.31 Å². The van der Waals surface area contributed by atoms with Gasteiger partial charge < -0.3 is 4.90 Å². The second-order valence-corrected chi connectivity index (χ2v) is 8.71. The van der Waals surface area contributed by atoms with Gasteiger partial charge in [0.25, 0.3) is 10.0 Å². The highest BCUT2D eigenvalue weighted by Gasteiger charge is 2.25. The minimum atomic E-state index is -3.61. The highest BCUT2D eigenvalue weighted by molar-refractivity contribution is 7.91. The summed E-state index contributed by atoms with van der Waals surface area (Å²) < 4.78 is 26.2. The van der Waals surface area contributed by atoms with Crippen molar-refractivity contribution < 1.29 is 13.2 Å². The molecule has 0 radical (unpaired) electrons. The van der Waals surface area contributed by atoms with Crippen molar-refractivity contribution in [2.45, 2.75) is 24.1 Å². The van der Waals surface area contributed by atoms with Crippen LogP contribution in [-0.4, -0.2) is 43.7 Å². The Kier molecular flexibility index (Phi) is 6.53. The van der Waals surface area contributed by atoms with Gasteiger partial charge in [-0.15, -0.1) is 11.3 Å². The maximum atomic E-state index is 12.6. The van der Waals surface area contributed by atoms with Gasteiger partial charge in [0.1, 0.15) is 4.21 Å². The zero-order valence-electron chi connectivity index (χ0n) is 13.9. The van der Waals surface area contributed by atoms with Crippen LogP contribution in [0.25, 0.3) is 0 Å². The first kappa shape index (κ1) is 18.6. The summed E-state index contributed by atoms with van der Waals surface area (Å²) in [5.74, 6) is -0.191. The van der Waals surface area contributed by atoms with E-state index in [1.54, 1.807) is 22.4 Å². The minimum Gasteiger partial charge on any atom is -0.337 e. The highest BCUT2D eigenvalue weighted by Crippen LogP contribution is 2.20. The van der Waals surface area contributed by atoms with E-state index in [9.17, 15) is 13.2 Å². The van der Waals surface area contributed by atoms with Crippen molar-refractivity contribution in [3.05, 3.63) is 53.4 Å². The molecule has 130 valence electrons. The lowest BCUT2D eigenvalue weighted by molar-refractivity contribution is -0.131. The Balaban J connectivity index is 2.07. The molecule has 7 heteroatoms. The standard InChI is InChI=1S/C17H22N2O3S2/c1-3-11-19(13-15-8-5-4-6-9-15)16(20)14-18(2)24(21,22)17-10-7-12-23-17/h4-10,12H,3,11,13-14H2,1-2H3. The third-order valence-electron chi connectivity index (χ3n) is 3.58. The van der Waals surface area contributed by atoms with E-state index in [4.69, 9.17) is 0 Å². The van der Waals surface area contributed by atoms with Crippen molar-refractivity contribution in [3.8, 4) is 0 Å². The van der Waals surface area contributed by atoms with Gasteiger partial charge in [0.15, 0.2) is 0 Å². The van der Waals surface area contributed by atoms with Gasteiger partial charge in [0.2, 0.25) is 5.91 Å². The molecule has 0 aliphatic carbocycles. The minimum absolute atomic E-state index is 0.160. The van der Waals surface area contributed by atoms with Crippen molar-refractivity contribution >= 4 is 27.3 Å². The number of carbonyl (C=O) groups is 1. The van der Waals surface area contributed by atoms with Crippen LogP contribution in [0.15, 0.2) is 52.1 Å². The molecule has 24 heavy (non-hydrogen) atoms. The van der Waals surface area contributed by atoms with Crippen LogP contribution in [-0.2, 0) is 21.4 Å². The second kappa shape index (κ2) is 8.41. The number of benzene rings is 1. The zero-order chi connectivity index (χ0) is 17.6. The number of carbonyl (C=O) groups excluding carboxylic acids is 1. The summed E-state index contributed by atoms with van der Waals surface area (Å²) in [6, 6.07) is 12.9. The van der Waals surface area contributed by atoms with Crippen molar-refractivity contribution in [1.29, 1.82) is 0 Å². The Morgan fingerprint density at radius 1 is 1.12 bits per heavy atom. The largest absolute Gasteiger partial charge is 0.337 e. The Bertz CT molecular complexity index is 743. The molecule has 0 saturated heterocycles. The molecule has 0 aliphatic rings. The van der Waals surface area contributed by atoms with Crippen LogP contribution in [0.5, 0.6) is 0 Å². The zero-order valence-corrected chi connectivity index (χ0v) is 15.5. The predicted molar refractivity (Wildman–Crippen MR) is 96.3 cm³/mol. The lowest BCUT2D eigenvalue weighted by atomic mass is 10.2. The van der Waals surface area contributed by atoms with Crippen molar-refractivity contribution in [2.24, 2.45) is 0 Å². The van der Waals surface area contributed by atoms with Crippen LogP contribution in [0, 0.1) is 0 Å². The first-order valence-electron chi connectivity index (χ1n) is 7.76. The fourth-order valence-electron chi connectivity index (χ4n) is 2.30. The molecule has 1 heterocycles. The van der Waals surface area contributed by atoms with E-state index in [2.05, 4.69) is 0 Å². The van der Waals surface area contributed by atoms with E-state index in [0.717, 1.165) is 27.6 Å². The third-order valence-corrected chi connectivity index (χ3v) is 6.76. The topological polar surface area (TPSA) is 57.7 Å². The predicted octanol–water partition coefficient (Wildman–Crippen LogP) is 2.81. The number of sulfonamides is 1. The fraction of sp³-hybridized carbons (Fsp3) is 0.353. The molecule has 0 N–H and O–H groups in total. The maximum Gasteiger partial charge on any atom is 0.252 e. The normalized spacial score (nSPS) is 11.6. The summed E-state index contributed by atoms with van der Waals surface area (Å²) in [6.07, 6.45) is 0.819. The van der Waals surface area contributed by atoms with E-state index in [1.807, 2.05) is 37.3 Å². The SMILES string of the molecule is CCCN(Cc1ccccc1)C(=O)CN(C)S(=O)(=O)c1cccs1. The number of nitrogens with zero attached hydrogens (tertiary/aromatic N) is 2. The van der Waals surface area contributed by atoms with E-state index in [-0.39, 0.29) is 16.7 Å². The summed E-state index contributed by atoms with van der Waals surface area (Å²) in [6.45, 7) is 2.92. The summed E-state index contributed by atoms with van der Waals surface area (Å²) >= 11 is 1.15. The lowest BCUT2D eigenvalue weighted by Gasteiger charge is -2.25. The molecule has 0 saturated carbocycles. The summed E-state index contributed by atoms with van der Waals surface area (Å²) in [5.41, 5.74) is 1.03. The van der Waals surface area contributed by atoms with Crippen molar-refractivity contribution in [3.63, 3.8) is 0 Å². The van der Waals surface area contributed by atoms with Gasteiger partial charge in [-0.05, 0) is 23.4 Å². The molecule has 0 aliphatic heterocycles. The number of amides is 1. The van der Waals surface area contributed by atoms with Gasteiger partial charge in [-0.3, -0.25) is 4.79 Å². The average Bonchev–Trinajstić information content (AvgIpc) is 3.10. The Hall–Kier alpha value is -1.70. The van der Waals surface area contributed by atoms with Gasteiger partial charge in [0, 0.05) is 20.1 Å². The first-order valence-corrected chi connectivity index (χ1v) is 10.1. The number of hydrogen-bond acceptors (Lipinski definition) is 4. The molecule has 0 unspecified atom stereocenters. The van der Waals surface area contributed by atoms with Gasteiger partial charge >= 0.3 is 0 Å². The molecule has 5 nitrogen and oxygen atoms in total. The molecule has 1 amide bonds. The molecular formula is C17H22N2O3S2. The molecule has 2 rings (SSSR count). The fourth-order valence-corrected chi connectivity index (χ4v) is 4.63. The molecule has 0 fully saturated rings. The molecule has 0 bridgehead atoms. The van der Waals surface area contributed by atoms with Crippen LogP contribution >= 0.6 is 11.3 Å². The van der Waals surface area contributed by atoms with Gasteiger partial charge in [0.05, 0.1) is 6.54 Å². The molecule has 0 atom stereocenters. The lowest BCUT2D eigenvalue weighted by Crippen LogP contribution is -2.41. The number of hydrogen-bond donors (Lipinski definition) is 0. The Morgan fingerprint density at radius 2 is 1.83 bits per heavy atom. The number of likely N-dealkylation sites (N-methyl/N-ethyl adjacent to an activating group) is 1. The molecule has 1 aromatic heterocycles. The van der Waals surface area contributed by atoms with Crippen LogP contribution < -0.4 is 0 Å². The highest BCUT2D eigenvalue weighted by atomic mass is 32.2. The monoisotopic (exact) mass is 366 g/mol. The summed E-state index contributed by atoms with van der Waals surface area (Å²) in [5, 5.41) is 1.71. The van der Waals surface area contributed by atoms with Gasteiger partial charge in [-0.1, -0.05) is 43.3 Å². The van der Waals surface area contributed by atoms with Crippen LogP contribution in [0.1, 0.15) is 18.9 Å². The van der Waals surface area contributed by atoms with Crippen molar-refractivity contribution in [2.75, 3.05) is 20.1 Å². The van der Waals surface area contributed by atoms with Crippen LogP contribution in [0.2, 0.25) is 0 Å². The second-order valence-electron chi connectivity index (χ2n) is 5.49.